The van der Waals surface area contributed by atoms with Gasteiger partial charge < -0.3 is 9.73 Å². The number of thioether (sulfide) groups is 1. The lowest BCUT2D eigenvalue weighted by Gasteiger charge is -2.59. The number of oxazole rings is 1. The molecule has 5 rings (SSSR count). The minimum atomic E-state index is 0.554. The summed E-state index contributed by atoms with van der Waals surface area (Å²) in [7, 11) is 2.14. The van der Waals surface area contributed by atoms with Gasteiger partial charge in [0.1, 0.15) is 6.26 Å². The molecule has 1 aromatic rings. The molecule has 1 atom stereocenters. The van der Waals surface area contributed by atoms with Crippen LogP contribution in [0.1, 0.15) is 44.2 Å². The van der Waals surface area contributed by atoms with Gasteiger partial charge in [0.05, 0.1) is 5.69 Å². The van der Waals surface area contributed by atoms with Crippen molar-refractivity contribution in [2.45, 2.75) is 56.7 Å². The number of aromatic nitrogens is 1. The van der Waals surface area contributed by atoms with Crippen molar-refractivity contribution in [3.05, 3.63) is 12.0 Å². The molecule has 0 amide bonds. The van der Waals surface area contributed by atoms with Gasteiger partial charge in [0, 0.05) is 11.8 Å². The van der Waals surface area contributed by atoms with Gasteiger partial charge in [-0.1, -0.05) is 11.8 Å². The van der Waals surface area contributed by atoms with Crippen molar-refractivity contribution in [1.29, 1.82) is 0 Å². The Labute approximate surface area is 131 Å². The number of hydrogen-bond donors (Lipinski definition) is 1. The molecule has 4 heteroatoms. The number of hydrogen-bond acceptors (Lipinski definition) is 4. The van der Waals surface area contributed by atoms with Crippen LogP contribution in [0.2, 0.25) is 0 Å². The van der Waals surface area contributed by atoms with Crippen LogP contribution in [0.4, 0.5) is 0 Å². The first-order valence-corrected chi connectivity index (χ1v) is 9.37. The highest BCUT2D eigenvalue weighted by Crippen LogP contribution is 2.61. The maximum atomic E-state index is 5.50. The molecule has 0 radical (unpaired) electrons. The van der Waals surface area contributed by atoms with Crippen LogP contribution in [0.15, 0.2) is 15.9 Å². The molecule has 4 aliphatic carbocycles. The molecule has 116 valence electrons. The van der Waals surface area contributed by atoms with Gasteiger partial charge in [0.25, 0.3) is 5.22 Å². The van der Waals surface area contributed by atoms with E-state index in [2.05, 4.69) is 17.3 Å². The second-order valence-corrected chi connectivity index (χ2v) is 8.66. The van der Waals surface area contributed by atoms with Crippen molar-refractivity contribution in [3.8, 4) is 0 Å². The number of nitrogens with zero attached hydrogens (tertiary/aromatic N) is 1. The normalized spacial score (nSPS) is 38.9. The zero-order valence-electron chi connectivity index (χ0n) is 13.1. The first-order chi connectivity index (χ1) is 10.2. The summed E-state index contributed by atoms with van der Waals surface area (Å²) >= 11 is 1.78. The molecule has 0 spiro atoms. The Hall–Kier alpha value is -0.480. The Morgan fingerprint density at radius 1 is 1.29 bits per heavy atom. The summed E-state index contributed by atoms with van der Waals surface area (Å²) in [6, 6.07) is 0.600. The molecule has 0 saturated heterocycles. The second-order valence-electron chi connectivity index (χ2n) is 7.69. The molecule has 4 aliphatic rings. The van der Waals surface area contributed by atoms with Crippen LogP contribution >= 0.6 is 11.8 Å². The van der Waals surface area contributed by atoms with Crippen LogP contribution in [0.5, 0.6) is 0 Å². The van der Waals surface area contributed by atoms with Gasteiger partial charge in [-0.05, 0) is 75.7 Å². The average molecular weight is 306 g/mol. The molecular formula is C17H26N2OS. The zero-order chi connectivity index (χ0) is 14.4. The summed E-state index contributed by atoms with van der Waals surface area (Å²) in [4.78, 5) is 4.43. The quantitative estimate of drug-likeness (QED) is 0.838. The fourth-order valence-electron chi connectivity index (χ4n) is 5.72. The van der Waals surface area contributed by atoms with Crippen molar-refractivity contribution >= 4 is 11.8 Å². The Morgan fingerprint density at radius 2 is 1.90 bits per heavy atom. The highest BCUT2D eigenvalue weighted by Gasteiger charge is 2.53. The first-order valence-electron chi connectivity index (χ1n) is 8.39. The number of aryl methyl sites for hydroxylation is 1. The Balaban J connectivity index is 1.47. The summed E-state index contributed by atoms with van der Waals surface area (Å²) in [6.07, 6.45) is 10.7. The predicted octanol–water partition coefficient (Wildman–Crippen LogP) is 3.88. The molecular weight excluding hydrogens is 280 g/mol. The van der Waals surface area contributed by atoms with Crippen LogP contribution in [0, 0.1) is 30.1 Å². The lowest BCUT2D eigenvalue weighted by Crippen LogP contribution is -2.56. The molecule has 1 unspecified atom stereocenters. The Kier molecular flexibility index (Phi) is 3.57. The molecule has 21 heavy (non-hydrogen) atoms. The number of rotatable bonds is 5. The van der Waals surface area contributed by atoms with Crippen molar-refractivity contribution in [2.24, 2.45) is 23.2 Å². The summed E-state index contributed by atoms with van der Waals surface area (Å²) in [5, 5.41) is 4.48. The van der Waals surface area contributed by atoms with Crippen molar-refractivity contribution in [3.63, 3.8) is 0 Å². The molecule has 1 heterocycles. The standard InChI is InChI=1S/C17H26N2OS/c1-11-9-20-16(19-11)21-10-15(18-2)17-6-12-3-13(7-17)5-14(4-12)8-17/h9,12-15,18H,3-8,10H2,1-2H3. The van der Waals surface area contributed by atoms with E-state index in [0.717, 1.165) is 34.4 Å². The van der Waals surface area contributed by atoms with Crippen LogP contribution < -0.4 is 5.32 Å². The lowest BCUT2D eigenvalue weighted by molar-refractivity contribution is -0.0682. The minimum Gasteiger partial charge on any atom is -0.440 e. The van der Waals surface area contributed by atoms with E-state index >= 15 is 0 Å². The van der Waals surface area contributed by atoms with Crippen LogP contribution in [-0.2, 0) is 0 Å². The third-order valence-electron chi connectivity index (χ3n) is 6.14. The van der Waals surface area contributed by atoms with Crippen molar-refractivity contribution in [2.75, 3.05) is 12.8 Å². The van der Waals surface area contributed by atoms with Gasteiger partial charge in [0.15, 0.2) is 0 Å². The van der Waals surface area contributed by atoms with E-state index in [1.807, 2.05) is 6.92 Å². The molecule has 4 bridgehead atoms. The van der Waals surface area contributed by atoms with Crippen molar-refractivity contribution in [1.82, 2.24) is 10.3 Å². The highest BCUT2D eigenvalue weighted by molar-refractivity contribution is 7.99. The summed E-state index contributed by atoms with van der Waals surface area (Å²) in [5.41, 5.74) is 1.53. The topological polar surface area (TPSA) is 38.1 Å². The third-order valence-corrected chi connectivity index (χ3v) is 7.08. The van der Waals surface area contributed by atoms with Gasteiger partial charge in [-0.15, -0.1) is 0 Å². The maximum Gasteiger partial charge on any atom is 0.255 e. The molecule has 1 N–H and O–H groups in total. The van der Waals surface area contributed by atoms with E-state index in [0.29, 0.717) is 11.5 Å². The van der Waals surface area contributed by atoms with Crippen LogP contribution in [-0.4, -0.2) is 23.8 Å². The SMILES string of the molecule is CNC(CSc1nc(C)co1)C12CC3CC(CC(C3)C1)C2. The van der Waals surface area contributed by atoms with E-state index in [1.165, 1.54) is 38.5 Å². The largest absolute Gasteiger partial charge is 0.440 e. The third kappa shape index (κ3) is 2.55. The molecule has 3 nitrogen and oxygen atoms in total. The fourth-order valence-corrected chi connectivity index (χ4v) is 6.88. The second kappa shape index (κ2) is 5.31. The lowest BCUT2D eigenvalue weighted by atomic mass is 9.48. The summed E-state index contributed by atoms with van der Waals surface area (Å²) in [5.74, 6) is 4.13. The van der Waals surface area contributed by atoms with Crippen molar-refractivity contribution < 1.29 is 4.42 Å². The molecule has 4 saturated carbocycles. The van der Waals surface area contributed by atoms with Gasteiger partial charge in [0.2, 0.25) is 0 Å². The van der Waals surface area contributed by atoms with Gasteiger partial charge >= 0.3 is 0 Å². The smallest absolute Gasteiger partial charge is 0.255 e. The number of nitrogens with one attached hydrogen (secondary N) is 1. The van der Waals surface area contributed by atoms with E-state index in [1.54, 1.807) is 18.0 Å². The first kappa shape index (κ1) is 14.1. The fraction of sp³-hybridized carbons (Fsp3) is 0.824. The zero-order valence-corrected chi connectivity index (χ0v) is 13.9. The van der Waals surface area contributed by atoms with E-state index < -0.39 is 0 Å². The highest BCUT2D eigenvalue weighted by atomic mass is 32.2. The molecule has 4 fully saturated rings. The molecule has 1 aromatic heterocycles. The Bertz CT molecular complexity index is 477. The van der Waals surface area contributed by atoms with E-state index in [9.17, 15) is 0 Å². The monoisotopic (exact) mass is 306 g/mol. The minimum absolute atomic E-state index is 0.554. The van der Waals surface area contributed by atoms with Gasteiger partial charge in [-0.3, -0.25) is 0 Å². The average Bonchev–Trinajstić information content (AvgIpc) is 2.83. The molecule has 0 aromatic carbocycles. The van der Waals surface area contributed by atoms with Gasteiger partial charge in [-0.25, -0.2) is 4.98 Å². The predicted molar refractivity (Wildman–Crippen MR) is 85.4 cm³/mol. The van der Waals surface area contributed by atoms with E-state index in [4.69, 9.17) is 4.42 Å². The molecule has 0 aliphatic heterocycles. The summed E-state index contributed by atoms with van der Waals surface area (Å²) in [6.45, 7) is 1.99. The van der Waals surface area contributed by atoms with Gasteiger partial charge in [-0.2, -0.15) is 0 Å². The van der Waals surface area contributed by atoms with Crippen LogP contribution in [0.25, 0.3) is 0 Å². The summed E-state index contributed by atoms with van der Waals surface area (Å²) < 4.78 is 5.50. The Morgan fingerprint density at radius 3 is 2.38 bits per heavy atom. The maximum absolute atomic E-state index is 5.50. The van der Waals surface area contributed by atoms with E-state index in [-0.39, 0.29) is 0 Å². The van der Waals surface area contributed by atoms with Crippen LogP contribution in [0.3, 0.4) is 0 Å².